The van der Waals surface area contributed by atoms with Gasteiger partial charge in [0.05, 0.1) is 23.4 Å². The zero-order valence-electron chi connectivity index (χ0n) is 15.0. The third-order valence-electron chi connectivity index (χ3n) is 4.32. The molecular formula is C19H15F4NO3S2. The van der Waals surface area contributed by atoms with E-state index in [-0.39, 0.29) is 21.9 Å². The van der Waals surface area contributed by atoms with Crippen LogP contribution in [-0.2, 0) is 22.7 Å². The number of fused-ring (bicyclic) bond motifs is 1. The summed E-state index contributed by atoms with van der Waals surface area (Å²) in [5, 5.41) is 0.662. The summed E-state index contributed by atoms with van der Waals surface area (Å²) in [4.78, 5) is 11.7. The molecule has 0 saturated carbocycles. The minimum Gasteiger partial charge on any atom is -0.298 e. The maximum absolute atomic E-state index is 13.6. The van der Waals surface area contributed by atoms with Crippen LogP contribution < -0.4 is 4.31 Å². The van der Waals surface area contributed by atoms with Gasteiger partial charge in [-0.1, -0.05) is 24.3 Å². The number of benzene rings is 2. The molecule has 154 valence electrons. The fraction of sp³-hybridized carbons (Fsp3) is 0.211. The van der Waals surface area contributed by atoms with Gasteiger partial charge in [0.15, 0.2) is 6.29 Å². The van der Waals surface area contributed by atoms with Gasteiger partial charge in [0.1, 0.15) is 10.8 Å². The van der Waals surface area contributed by atoms with Crippen molar-refractivity contribution in [1.82, 2.24) is 0 Å². The Balaban J connectivity index is 2.16. The Morgan fingerprint density at radius 1 is 1.14 bits per heavy atom. The molecule has 0 N–H and O–H groups in total. The van der Waals surface area contributed by atoms with Crippen molar-refractivity contribution in [2.24, 2.45) is 0 Å². The summed E-state index contributed by atoms with van der Waals surface area (Å²) in [6, 6.07) is 9.13. The minimum atomic E-state index is -4.92. The number of anilines is 1. The zero-order chi connectivity index (χ0) is 21.4. The number of halogens is 4. The van der Waals surface area contributed by atoms with Gasteiger partial charge in [-0.3, -0.25) is 9.10 Å². The van der Waals surface area contributed by atoms with Gasteiger partial charge in [-0.2, -0.15) is 13.2 Å². The second-order valence-corrected chi connectivity index (χ2v) is 9.37. The normalized spacial score (nSPS) is 12.3. The third kappa shape index (κ3) is 4.13. The van der Waals surface area contributed by atoms with E-state index >= 15 is 0 Å². The molecule has 1 heterocycles. The van der Waals surface area contributed by atoms with Crippen molar-refractivity contribution >= 4 is 42.7 Å². The van der Waals surface area contributed by atoms with Crippen molar-refractivity contribution in [2.75, 3.05) is 10.1 Å². The van der Waals surface area contributed by atoms with Gasteiger partial charge >= 0.3 is 6.18 Å². The van der Waals surface area contributed by atoms with E-state index in [0.717, 1.165) is 21.7 Å². The summed E-state index contributed by atoms with van der Waals surface area (Å²) in [5.41, 5.74) is -1.39. The Hall–Kier alpha value is -2.46. The predicted molar refractivity (Wildman–Crippen MR) is 104 cm³/mol. The van der Waals surface area contributed by atoms with Crippen molar-refractivity contribution < 1.29 is 30.8 Å². The molecule has 4 nitrogen and oxygen atoms in total. The molecule has 0 aliphatic carbocycles. The van der Waals surface area contributed by atoms with Crippen LogP contribution in [0.25, 0.3) is 10.1 Å². The van der Waals surface area contributed by atoms with Crippen LogP contribution in [0.15, 0.2) is 42.5 Å². The van der Waals surface area contributed by atoms with E-state index < -0.39 is 34.1 Å². The second kappa shape index (κ2) is 7.75. The Bertz CT molecular complexity index is 1170. The van der Waals surface area contributed by atoms with E-state index in [1.165, 1.54) is 6.92 Å². The highest BCUT2D eigenvalue weighted by Crippen LogP contribution is 2.39. The molecule has 0 saturated heterocycles. The number of alkyl halides is 3. The standard InChI is InChI=1S/C19H15F4NO3S2/c1-2-29(26,27)24(10-12-7-8-16(20)15(9-12)19(21,22)23)18-14(11-25)13-5-3-4-6-17(13)28-18/h3-9,11H,2,10H2,1H3. The third-order valence-corrected chi connectivity index (χ3v) is 7.36. The molecule has 0 aliphatic rings. The summed E-state index contributed by atoms with van der Waals surface area (Å²) < 4.78 is 79.7. The summed E-state index contributed by atoms with van der Waals surface area (Å²) in [5.74, 6) is -1.77. The number of carbonyl (C=O) groups excluding carboxylic acids is 1. The molecule has 0 bridgehead atoms. The predicted octanol–water partition coefficient (Wildman–Crippen LogP) is 5.23. The topological polar surface area (TPSA) is 54.5 Å². The quantitative estimate of drug-likeness (QED) is 0.386. The van der Waals surface area contributed by atoms with Crippen LogP contribution in [0.3, 0.4) is 0 Å². The van der Waals surface area contributed by atoms with E-state index in [9.17, 15) is 30.8 Å². The Kier molecular flexibility index (Phi) is 5.68. The molecule has 0 amide bonds. The molecule has 0 spiro atoms. The van der Waals surface area contributed by atoms with Gasteiger partial charge in [0.2, 0.25) is 10.0 Å². The highest BCUT2D eigenvalue weighted by Gasteiger charge is 2.35. The van der Waals surface area contributed by atoms with Crippen LogP contribution in [0.2, 0.25) is 0 Å². The number of rotatable bonds is 6. The smallest absolute Gasteiger partial charge is 0.298 e. The van der Waals surface area contributed by atoms with Crippen molar-refractivity contribution in [3.8, 4) is 0 Å². The molecule has 3 aromatic rings. The van der Waals surface area contributed by atoms with Gasteiger partial charge in [-0.25, -0.2) is 12.8 Å². The molecule has 0 fully saturated rings. The van der Waals surface area contributed by atoms with Gasteiger partial charge in [0.25, 0.3) is 0 Å². The highest BCUT2D eigenvalue weighted by atomic mass is 32.2. The van der Waals surface area contributed by atoms with E-state index in [1.807, 2.05) is 0 Å². The van der Waals surface area contributed by atoms with E-state index in [4.69, 9.17) is 0 Å². The molecule has 0 unspecified atom stereocenters. The summed E-state index contributed by atoms with van der Waals surface area (Å²) >= 11 is 1.05. The molecule has 2 aromatic carbocycles. The first kappa shape index (κ1) is 21.3. The fourth-order valence-electron chi connectivity index (χ4n) is 2.86. The van der Waals surface area contributed by atoms with Crippen LogP contribution in [0, 0.1) is 5.82 Å². The summed E-state index contributed by atoms with van der Waals surface area (Å²) in [6.45, 7) is 0.926. The summed E-state index contributed by atoms with van der Waals surface area (Å²) in [6.07, 6.45) is -4.39. The maximum atomic E-state index is 13.6. The Labute approximate surface area is 168 Å². The molecule has 29 heavy (non-hydrogen) atoms. The lowest BCUT2D eigenvalue weighted by molar-refractivity contribution is -0.140. The van der Waals surface area contributed by atoms with Crippen molar-refractivity contribution in [2.45, 2.75) is 19.6 Å². The number of nitrogens with zero attached hydrogens (tertiary/aromatic N) is 1. The maximum Gasteiger partial charge on any atom is 0.419 e. The van der Waals surface area contributed by atoms with Crippen LogP contribution in [0.5, 0.6) is 0 Å². The Morgan fingerprint density at radius 2 is 1.83 bits per heavy atom. The van der Waals surface area contributed by atoms with Crippen molar-refractivity contribution in [3.63, 3.8) is 0 Å². The average Bonchev–Trinajstić information content (AvgIpc) is 3.04. The number of thiophene rings is 1. The van der Waals surface area contributed by atoms with Crippen LogP contribution in [0.1, 0.15) is 28.4 Å². The largest absolute Gasteiger partial charge is 0.419 e. The second-order valence-electron chi connectivity index (χ2n) is 6.15. The molecular weight excluding hydrogens is 430 g/mol. The number of hydrogen-bond donors (Lipinski definition) is 0. The first-order valence-corrected chi connectivity index (χ1v) is 10.8. The first-order valence-electron chi connectivity index (χ1n) is 8.41. The number of carbonyl (C=O) groups is 1. The first-order chi connectivity index (χ1) is 13.6. The lowest BCUT2D eigenvalue weighted by Crippen LogP contribution is -2.32. The van der Waals surface area contributed by atoms with Crippen molar-refractivity contribution in [1.29, 1.82) is 0 Å². The van der Waals surface area contributed by atoms with Crippen LogP contribution >= 0.6 is 11.3 Å². The lowest BCUT2D eigenvalue weighted by atomic mass is 10.1. The Morgan fingerprint density at radius 3 is 2.45 bits per heavy atom. The van der Waals surface area contributed by atoms with E-state index in [2.05, 4.69) is 0 Å². The number of aldehydes is 1. The van der Waals surface area contributed by atoms with E-state index in [1.54, 1.807) is 24.3 Å². The number of sulfonamides is 1. The molecule has 0 radical (unpaired) electrons. The summed E-state index contributed by atoms with van der Waals surface area (Å²) in [7, 11) is -3.94. The molecule has 0 atom stereocenters. The van der Waals surface area contributed by atoms with Gasteiger partial charge in [-0.05, 0) is 30.7 Å². The highest BCUT2D eigenvalue weighted by molar-refractivity contribution is 7.92. The van der Waals surface area contributed by atoms with E-state index in [0.29, 0.717) is 28.5 Å². The average molecular weight is 445 g/mol. The zero-order valence-corrected chi connectivity index (χ0v) is 16.7. The van der Waals surface area contributed by atoms with Gasteiger partial charge in [0, 0.05) is 10.1 Å². The van der Waals surface area contributed by atoms with Crippen LogP contribution in [0.4, 0.5) is 22.6 Å². The number of hydrogen-bond acceptors (Lipinski definition) is 4. The fourth-order valence-corrected chi connectivity index (χ4v) is 5.40. The molecule has 1 aromatic heterocycles. The van der Waals surface area contributed by atoms with Gasteiger partial charge < -0.3 is 0 Å². The van der Waals surface area contributed by atoms with Crippen molar-refractivity contribution in [3.05, 3.63) is 65.0 Å². The minimum absolute atomic E-state index is 0.0509. The lowest BCUT2D eigenvalue weighted by Gasteiger charge is -2.23. The van der Waals surface area contributed by atoms with Crippen LogP contribution in [-0.4, -0.2) is 20.5 Å². The monoisotopic (exact) mass is 445 g/mol. The molecule has 10 heteroatoms. The van der Waals surface area contributed by atoms with Gasteiger partial charge in [-0.15, -0.1) is 11.3 Å². The SMILES string of the molecule is CCS(=O)(=O)N(Cc1ccc(F)c(C(F)(F)F)c1)c1sc2ccccc2c1C=O. The molecule has 0 aliphatic heterocycles. The molecule has 3 rings (SSSR count).